The van der Waals surface area contributed by atoms with Crippen LogP contribution in [0.1, 0.15) is 33.4 Å². The Morgan fingerprint density at radius 1 is 1.26 bits per heavy atom. The van der Waals surface area contributed by atoms with Gasteiger partial charge in [0.2, 0.25) is 5.91 Å². The van der Waals surface area contributed by atoms with Crippen LogP contribution in [0.5, 0.6) is 0 Å². The van der Waals surface area contributed by atoms with E-state index in [-0.39, 0.29) is 5.91 Å². The van der Waals surface area contributed by atoms with Gasteiger partial charge in [0.15, 0.2) is 0 Å². The number of nitrogens with one attached hydrogen (secondary N) is 1. The first kappa shape index (κ1) is 15.5. The van der Waals surface area contributed by atoms with Gasteiger partial charge in [-0.2, -0.15) is 0 Å². The summed E-state index contributed by atoms with van der Waals surface area (Å²) in [4.78, 5) is 16.0. The molecule has 4 heteroatoms. The van der Waals surface area contributed by atoms with Crippen molar-refractivity contribution in [3.05, 3.63) is 24.0 Å². The van der Waals surface area contributed by atoms with Gasteiger partial charge in [0.25, 0.3) is 0 Å². The topological polar surface area (TPSA) is 68.0 Å². The Balaban J connectivity index is 2.45. The van der Waals surface area contributed by atoms with Crippen molar-refractivity contribution >= 4 is 11.6 Å². The van der Waals surface area contributed by atoms with Crippen molar-refractivity contribution in [2.24, 2.45) is 17.8 Å². The summed E-state index contributed by atoms with van der Waals surface area (Å²) >= 11 is 0. The number of carbonyl (C=O) groups excluding carboxylic acids is 1. The Labute approximate surface area is 115 Å². The first-order chi connectivity index (χ1) is 8.90. The first-order valence-electron chi connectivity index (χ1n) is 6.87. The maximum Gasteiger partial charge on any atom is 0.226 e. The summed E-state index contributed by atoms with van der Waals surface area (Å²) in [5, 5.41) is 3.00. The second-order valence-electron chi connectivity index (χ2n) is 5.72. The van der Waals surface area contributed by atoms with Crippen molar-refractivity contribution in [3.8, 4) is 0 Å². The molecule has 0 saturated carbocycles. The third kappa shape index (κ3) is 5.28. The minimum Gasteiger partial charge on any atom is -0.397 e. The minimum absolute atomic E-state index is 0.0172. The number of amides is 1. The Hall–Kier alpha value is -1.58. The van der Waals surface area contributed by atoms with Gasteiger partial charge in [-0.25, -0.2) is 0 Å². The number of nitrogen functional groups attached to an aromatic ring is 1. The Morgan fingerprint density at radius 3 is 2.37 bits per heavy atom. The largest absolute Gasteiger partial charge is 0.397 e. The fourth-order valence-corrected chi connectivity index (χ4v) is 2.24. The molecule has 0 aromatic carbocycles. The molecule has 0 aliphatic carbocycles. The number of aromatic nitrogens is 1. The van der Waals surface area contributed by atoms with Gasteiger partial charge in [0, 0.05) is 12.2 Å². The normalized spacial score (nSPS) is 11.3. The molecule has 0 aliphatic heterocycles. The number of nitrogens with zero attached hydrogens (tertiary/aromatic N) is 1. The van der Waals surface area contributed by atoms with Gasteiger partial charge in [-0.05, 0) is 29.9 Å². The van der Waals surface area contributed by atoms with E-state index in [2.05, 4.69) is 38.0 Å². The number of carbonyl (C=O) groups is 1. The SMILES string of the molecule is CC(C)C(CNC(=O)Cc1ccc(N)cn1)C(C)C. The molecule has 0 radical (unpaired) electrons. The number of hydrogen-bond donors (Lipinski definition) is 2. The van der Waals surface area contributed by atoms with E-state index >= 15 is 0 Å². The van der Waals surface area contributed by atoms with Crippen LogP contribution in [0.25, 0.3) is 0 Å². The predicted molar refractivity (Wildman–Crippen MR) is 78.5 cm³/mol. The molecule has 0 saturated heterocycles. The number of rotatable bonds is 6. The van der Waals surface area contributed by atoms with Crippen LogP contribution in [-0.2, 0) is 11.2 Å². The van der Waals surface area contributed by atoms with Gasteiger partial charge in [-0.15, -0.1) is 0 Å². The monoisotopic (exact) mass is 263 g/mol. The zero-order chi connectivity index (χ0) is 14.4. The molecule has 1 heterocycles. The highest BCUT2D eigenvalue weighted by Gasteiger charge is 2.18. The van der Waals surface area contributed by atoms with Crippen molar-refractivity contribution in [3.63, 3.8) is 0 Å². The molecule has 19 heavy (non-hydrogen) atoms. The average molecular weight is 263 g/mol. The van der Waals surface area contributed by atoms with E-state index in [1.807, 2.05) is 0 Å². The first-order valence-corrected chi connectivity index (χ1v) is 6.87. The smallest absolute Gasteiger partial charge is 0.226 e. The van der Waals surface area contributed by atoms with Crippen molar-refractivity contribution in [2.75, 3.05) is 12.3 Å². The fraction of sp³-hybridized carbons (Fsp3) is 0.600. The third-order valence-corrected chi connectivity index (χ3v) is 3.44. The maximum absolute atomic E-state index is 11.9. The highest BCUT2D eigenvalue weighted by Crippen LogP contribution is 2.19. The highest BCUT2D eigenvalue weighted by atomic mass is 16.1. The molecule has 0 atom stereocenters. The molecular weight excluding hydrogens is 238 g/mol. The van der Waals surface area contributed by atoms with Crippen LogP contribution in [0.4, 0.5) is 5.69 Å². The summed E-state index contributed by atoms with van der Waals surface area (Å²) in [6, 6.07) is 3.55. The lowest BCUT2D eigenvalue weighted by atomic mass is 9.85. The van der Waals surface area contributed by atoms with Gasteiger partial charge in [-0.1, -0.05) is 27.7 Å². The molecule has 0 unspecified atom stereocenters. The van der Waals surface area contributed by atoms with E-state index in [1.54, 1.807) is 18.3 Å². The lowest BCUT2D eigenvalue weighted by Gasteiger charge is -2.25. The van der Waals surface area contributed by atoms with Crippen LogP contribution in [0, 0.1) is 17.8 Å². The van der Waals surface area contributed by atoms with E-state index < -0.39 is 0 Å². The van der Waals surface area contributed by atoms with Crippen molar-refractivity contribution in [1.82, 2.24) is 10.3 Å². The van der Waals surface area contributed by atoms with Crippen LogP contribution in [0.3, 0.4) is 0 Å². The van der Waals surface area contributed by atoms with Crippen LogP contribution >= 0.6 is 0 Å². The number of pyridine rings is 1. The summed E-state index contributed by atoms with van der Waals surface area (Å²) in [5.41, 5.74) is 6.92. The zero-order valence-corrected chi connectivity index (χ0v) is 12.3. The standard InChI is InChI=1S/C15H25N3O/c1-10(2)14(11(3)4)9-18-15(19)7-13-6-5-12(16)8-17-13/h5-6,8,10-11,14H,7,9,16H2,1-4H3,(H,18,19). The molecule has 1 rings (SSSR count). The van der Waals surface area contributed by atoms with Crippen LogP contribution in [-0.4, -0.2) is 17.4 Å². The Kier molecular flexibility index (Phi) is 5.80. The van der Waals surface area contributed by atoms with Crippen molar-refractivity contribution < 1.29 is 4.79 Å². The van der Waals surface area contributed by atoms with Gasteiger partial charge >= 0.3 is 0 Å². The van der Waals surface area contributed by atoms with Crippen LogP contribution in [0.15, 0.2) is 18.3 Å². The number of anilines is 1. The molecule has 4 nitrogen and oxygen atoms in total. The summed E-state index contributed by atoms with van der Waals surface area (Å²) in [7, 11) is 0. The van der Waals surface area contributed by atoms with Gasteiger partial charge in [0.1, 0.15) is 0 Å². The van der Waals surface area contributed by atoms with Crippen molar-refractivity contribution in [2.45, 2.75) is 34.1 Å². The molecular formula is C15H25N3O. The predicted octanol–water partition coefficient (Wildman–Crippen LogP) is 2.25. The lowest BCUT2D eigenvalue weighted by Crippen LogP contribution is -2.34. The third-order valence-electron chi connectivity index (χ3n) is 3.44. The number of hydrogen-bond acceptors (Lipinski definition) is 3. The molecule has 0 spiro atoms. The quantitative estimate of drug-likeness (QED) is 0.827. The molecule has 0 fully saturated rings. The van der Waals surface area contributed by atoms with Crippen molar-refractivity contribution in [1.29, 1.82) is 0 Å². The van der Waals surface area contributed by atoms with E-state index in [4.69, 9.17) is 5.73 Å². The summed E-state index contributed by atoms with van der Waals surface area (Å²) in [5.74, 6) is 1.65. The second-order valence-corrected chi connectivity index (χ2v) is 5.72. The van der Waals surface area contributed by atoms with Gasteiger partial charge < -0.3 is 11.1 Å². The lowest BCUT2D eigenvalue weighted by molar-refractivity contribution is -0.120. The Bertz CT molecular complexity index is 390. The maximum atomic E-state index is 11.9. The van der Waals surface area contributed by atoms with E-state index in [0.717, 1.165) is 12.2 Å². The second kappa shape index (κ2) is 7.12. The Morgan fingerprint density at radius 2 is 1.89 bits per heavy atom. The molecule has 1 aromatic heterocycles. The molecule has 0 bridgehead atoms. The van der Waals surface area contributed by atoms with Crippen LogP contribution in [0.2, 0.25) is 0 Å². The molecule has 106 valence electrons. The van der Waals surface area contributed by atoms with E-state index in [9.17, 15) is 4.79 Å². The highest BCUT2D eigenvalue weighted by molar-refractivity contribution is 5.78. The molecule has 1 aromatic rings. The van der Waals surface area contributed by atoms with E-state index in [1.165, 1.54) is 0 Å². The number of nitrogens with two attached hydrogens (primary N) is 1. The van der Waals surface area contributed by atoms with E-state index in [0.29, 0.717) is 29.9 Å². The van der Waals surface area contributed by atoms with Gasteiger partial charge in [0.05, 0.1) is 18.3 Å². The van der Waals surface area contributed by atoms with Gasteiger partial charge in [-0.3, -0.25) is 9.78 Å². The summed E-state index contributed by atoms with van der Waals surface area (Å²) in [6.45, 7) is 9.50. The molecule has 3 N–H and O–H groups in total. The average Bonchev–Trinajstić information content (AvgIpc) is 2.31. The van der Waals surface area contributed by atoms with Crippen LogP contribution < -0.4 is 11.1 Å². The zero-order valence-electron chi connectivity index (χ0n) is 12.3. The minimum atomic E-state index is 0.0172. The fourth-order valence-electron chi connectivity index (χ4n) is 2.24. The summed E-state index contributed by atoms with van der Waals surface area (Å²) in [6.07, 6.45) is 1.89. The summed E-state index contributed by atoms with van der Waals surface area (Å²) < 4.78 is 0. The molecule has 1 amide bonds. The molecule has 0 aliphatic rings.